The summed E-state index contributed by atoms with van der Waals surface area (Å²) in [5, 5.41) is 11.5. The molecule has 3 N–H and O–H groups in total. The maximum Gasteiger partial charge on any atom is 0.219 e. The van der Waals surface area contributed by atoms with Crippen molar-refractivity contribution in [1.29, 1.82) is 0 Å². The molecule has 0 bridgehead atoms. The number of oxime groups is 1. The van der Waals surface area contributed by atoms with Crippen molar-refractivity contribution in [1.82, 2.24) is 4.98 Å². The molecule has 0 radical (unpaired) electrons. The number of amidine groups is 1. The number of ether oxygens (including phenoxy) is 1. The third kappa shape index (κ3) is 2.82. The van der Waals surface area contributed by atoms with Crippen molar-refractivity contribution in [2.75, 3.05) is 0 Å². The van der Waals surface area contributed by atoms with E-state index in [-0.39, 0.29) is 5.84 Å². The second-order valence-corrected chi connectivity index (χ2v) is 4.17. The zero-order valence-corrected chi connectivity index (χ0v) is 10.8. The highest BCUT2D eigenvalue weighted by atomic mass is 16.5. The minimum atomic E-state index is 0.0192. The number of pyridine rings is 1. The van der Waals surface area contributed by atoms with Crippen LogP contribution < -0.4 is 10.5 Å². The van der Waals surface area contributed by atoms with Crippen LogP contribution in [-0.4, -0.2) is 16.0 Å². The predicted octanol–water partition coefficient (Wildman–Crippen LogP) is 2.59. The van der Waals surface area contributed by atoms with Gasteiger partial charge in [-0.25, -0.2) is 4.98 Å². The number of aryl methyl sites for hydroxylation is 1. The van der Waals surface area contributed by atoms with Crippen molar-refractivity contribution in [3.63, 3.8) is 0 Å². The summed E-state index contributed by atoms with van der Waals surface area (Å²) >= 11 is 0. The number of hydrogen-bond donors (Lipinski definition) is 2. The van der Waals surface area contributed by atoms with Crippen LogP contribution in [0.2, 0.25) is 0 Å². The van der Waals surface area contributed by atoms with Gasteiger partial charge in [-0.05, 0) is 37.1 Å². The van der Waals surface area contributed by atoms with Gasteiger partial charge in [-0.1, -0.05) is 17.3 Å². The summed E-state index contributed by atoms with van der Waals surface area (Å²) in [5.41, 5.74) is 8.23. The van der Waals surface area contributed by atoms with Crippen molar-refractivity contribution in [2.45, 2.75) is 13.8 Å². The molecule has 1 aromatic heterocycles. The molecule has 0 saturated heterocycles. The molecular weight excluding hydrogens is 242 g/mol. The van der Waals surface area contributed by atoms with E-state index in [1.807, 2.05) is 32.0 Å². The lowest BCUT2D eigenvalue weighted by Gasteiger charge is -2.09. The Balaban J connectivity index is 2.22. The second-order valence-electron chi connectivity index (χ2n) is 4.17. The highest BCUT2D eigenvalue weighted by Crippen LogP contribution is 2.25. The summed E-state index contributed by atoms with van der Waals surface area (Å²) in [4.78, 5) is 4.12. The van der Waals surface area contributed by atoms with Crippen molar-refractivity contribution in [3.05, 3.63) is 53.2 Å². The fraction of sp³-hybridized carbons (Fsp3) is 0.143. The predicted molar refractivity (Wildman–Crippen MR) is 72.7 cm³/mol. The van der Waals surface area contributed by atoms with Gasteiger partial charge in [-0.3, -0.25) is 0 Å². The number of nitrogens with two attached hydrogens (primary N) is 1. The van der Waals surface area contributed by atoms with Crippen molar-refractivity contribution < 1.29 is 9.94 Å². The maximum atomic E-state index is 8.56. The molecule has 0 saturated carbocycles. The fourth-order valence-corrected chi connectivity index (χ4v) is 1.60. The Kier molecular flexibility index (Phi) is 3.66. The normalized spacial score (nSPS) is 11.4. The molecule has 2 rings (SSSR count). The van der Waals surface area contributed by atoms with E-state index < -0.39 is 0 Å². The molecule has 2 aromatic rings. The number of nitrogens with zero attached hydrogens (tertiary/aromatic N) is 2. The van der Waals surface area contributed by atoms with E-state index in [0.29, 0.717) is 11.4 Å². The van der Waals surface area contributed by atoms with Gasteiger partial charge in [0.25, 0.3) is 0 Å². The van der Waals surface area contributed by atoms with Gasteiger partial charge in [0.15, 0.2) is 5.84 Å². The Hall–Kier alpha value is -2.56. The maximum absolute atomic E-state index is 8.56. The van der Waals surface area contributed by atoms with E-state index in [2.05, 4.69) is 10.1 Å². The van der Waals surface area contributed by atoms with Crippen LogP contribution in [0.5, 0.6) is 11.6 Å². The summed E-state index contributed by atoms with van der Waals surface area (Å²) in [6.45, 7) is 4.02. The standard InChI is InChI=1S/C14H15N3O2/c1-9-4-3-5-12(10(9)2)19-13-7-6-11(8-16-13)14(15)17-18/h3-8,18H,1-2H3,(H2,15,17). The van der Waals surface area contributed by atoms with Gasteiger partial charge in [0.05, 0.1) is 0 Å². The molecule has 98 valence electrons. The highest BCUT2D eigenvalue weighted by Gasteiger charge is 2.05. The second kappa shape index (κ2) is 5.39. The zero-order valence-electron chi connectivity index (χ0n) is 10.8. The van der Waals surface area contributed by atoms with Crippen molar-refractivity contribution in [3.8, 4) is 11.6 Å². The first-order chi connectivity index (χ1) is 9.11. The minimum Gasteiger partial charge on any atom is -0.439 e. The van der Waals surface area contributed by atoms with Crippen LogP contribution in [0.4, 0.5) is 0 Å². The van der Waals surface area contributed by atoms with Crippen LogP contribution in [0, 0.1) is 13.8 Å². The number of aromatic nitrogens is 1. The molecule has 0 aliphatic rings. The van der Waals surface area contributed by atoms with Crippen LogP contribution >= 0.6 is 0 Å². The third-order valence-electron chi connectivity index (χ3n) is 2.91. The lowest BCUT2D eigenvalue weighted by molar-refractivity contribution is 0.318. The summed E-state index contributed by atoms with van der Waals surface area (Å²) in [6.07, 6.45) is 1.50. The minimum absolute atomic E-state index is 0.0192. The molecule has 0 fully saturated rings. The quantitative estimate of drug-likeness (QED) is 0.383. The SMILES string of the molecule is Cc1cccc(Oc2ccc(/C(N)=N/O)cn2)c1C. The summed E-state index contributed by atoms with van der Waals surface area (Å²) in [7, 11) is 0. The van der Waals surface area contributed by atoms with E-state index in [1.54, 1.807) is 12.1 Å². The summed E-state index contributed by atoms with van der Waals surface area (Å²) in [6, 6.07) is 9.21. The molecule has 0 unspecified atom stereocenters. The molecular formula is C14H15N3O2. The zero-order chi connectivity index (χ0) is 13.8. The van der Waals surface area contributed by atoms with Crippen LogP contribution in [0.3, 0.4) is 0 Å². The van der Waals surface area contributed by atoms with E-state index in [0.717, 1.165) is 16.9 Å². The Morgan fingerprint density at radius 1 is 1.26 bits per heavy atom. The average Bonchev–Trinajstić information content (AvgIpc) is 2.44. The van der Waals surface area contributed by atoms with E-state index in [9.17, 15) is 0 Å². The molecule has 1 aromatic carbocycles. The fourth-order valence-electron chi connectivity index (χ4n) is 1.60. The number of benzene rings is 1. The molecule has 0 atom stereocenters. The molecule has 5 nitrogen and oxygen atoms in total. The third-order valence-corrected chi connectivity index (χ3v) is 2.91. The van der Waals surface area contributed by atoms with Gasteiger partial charge in [0, 0.05) is 17.8 Å². The van der Waals surface area contributed by atoms with E-state index in [4.69, 9.17) is 15.7 Å². The monoisotopic (exact) mass is 257 g/mol. The first kappa shape index (κ1) is 12.9. The summed E-state index contributed by atoms with van der Waals surface area (Å²) in [5.74, 6) is 1.25. The highest BCUT2D eigenvalue weighted by molar-refractivity contribution is 5.96. The van der Waals surface area contributed by atoms with E-state index >= 15 is 0 Å². The smallest absolute Gasteiger partial charge is 0.219 e. The Labute approximate surface area is 111 Å². The van der Waals surface area contributed by atoms with Crippen molar-refractivity contribution >= 4 is 5.84 Å². The van der Waals surface area contributed by atoms with Crippen LogP contribution in [0.25, 0.3) is 0 Å². The van der Waals surface area contributed by atoms with E-state index in [1.165, 1.54) is 6.20 Å². The number of rotatable bonds is 3. The summed E-state index contributed by atoms with van der Waals surface area (Å²) < 4.78 is 5.70. The molecule has 5 heteroatoms. The largest absolute Gasteiger partial charge is 0.439 e. The first-order valence-electron chi connectivity index (χ1n) is 5.80. The van der Waals surface area contributed by atoms with Crippen LogP contribution in [0.1, 0.15) is 16.7 Å². The Bertz CT molecular complexity index is 607. The first-order valence-corrected chi connectivity index (χ1v) is 5.80. The topological polar surface area (TPSA) is 80.7 Å². The van der Waals surface area contributed by atoms with Gasteiger partial charge in [-0.2, -0.15) is 0 Å². The lowest BCUT2D eigenvalue weighted by atomic mass is 10.1. The molecule has 0 aliphatic heterocycles. The lowest BCUT2D eigenvalue weighted by Crippen LogP contribution is -2.13. The van der Waals surface area contributed by atoms with Gasteiger partial charge in [-0.15, -0.1) is 0 Å². The molecule has 0 spiro atoms. The molecule has 1 heterocycles. The molecule has 0 aliphatic carbocycles. The molecule has 0 amide bonds. The van der Waals surface area contributed by atoms with Gasteiger partial charge >= 0.3 is 0 Å². The Morgan fingerprint density at radius 3 is 2.68 bits per heavy atom. The van der Waals surface area contributed by atoms with Crippen LogP contribution in [-0.2, 0) is 0 Å². The van der Waals surface area contributed by atoms with Crippen molar-refractivity contribution in [2.24, 2.45) is 10.9 Å². The van der Waals surface area contributed by atoms with Crippen LogP contribution in [0.15, 0.2) is 41.7 Å². The van der Waals surface area contributed by atoms with Gasteiger partial charge < -0.3 is 15.7 Å². The number of hydrogen-bond acceptors (Lipinski definition) is 4. The molecule has 19 heavy (non-hydrogen) atoms. The van der Waals surface area contributed by atoms with Gasteiger partial charge in [0.1, 0.15) is 5.75 Å². The van der Waals surface area contributed by atoms with Gasteiger partial charge in [0.2, 0.25) is 5.88 Å². The average molecular weight is 257 g/mol. The Morgan fingerprint density at radius 2 is 2.05 bits per heavy atom.